The maximum atomic E-state index is 4.43. The summed E-state index contributed by atoms with van der Waals surface area (Å²) in [5.74, 6) is 0. The highest BCUT2D eigenvalue weighted by Gasteiger charge is 2.11. The Hall–Kier alpha value is -1.71. The van der Waals surface area contributed by atoms with Gasteiger partial charge in [0.1, 0.15) is 0 Å². The van der Waals surface area contributed by atoms with Gasteiger partial charge in [-0.2, -0.15) is 0 Å². The fourth-order valence-electron chi connectivity index (χ4n) is 2.32. The van der Waals surface area contributed by atoms with Crippen LogP contribution < -0.4 is 5.32 Å². The van der Waals surface area contributed by atoms with Crippen LogP contribution in [0.3, 0.4) is 0 Å². The molecule has 3 heteroatoms. The minimum absolute atomic E-state index is 0.338. The molecule has 1 N–H and O–H groups in total. The molecule has 0 aliphatic rings. The summed E-state index contributed by atoms with van der Waals surface area (Å²) in [6, 6.07) is 15.2. The molecular formula is C16H16N2S. The van der Waals surface area contributed by atoms with Crippen LogP contribution in [0, 0.1) is 0 Å². The minimum Gasteiger partial charge on any atom is -0.313 e. The lowest BCUT2D eigenvalue weighted by molar-refractivity contribution is 0.597. The molecule has 0 amide bonds. The summed E-state index contributed by atoms with van der Waals surface area (Å²) in [5.41, 5.74) is 2.36. The second kappa shape index (κ2) is 5.51. The average Bonchev–Trinajstić information content (AvgIpc) is 2.97. The number of aromatic nitrogens is 1. The third kappa shape index (κ3) is 2.67. The van der Waals surface area contributed by atoms with Gasteiger partial charge in [-0.05, 0) is 36.2 Å². The third-order valence-corrected chi connectivity index (χ3v) is 4.26. The van der Waals surface area contributed by atoms with Gasteiger partial charge in [-0.3, -0.25) is 4.98 Å². The Morgan fingerprint density at radius 1 is 1.21 bits per heavy atom. The van der Waals surface area contributed by atoms with Gasteiger partial charge in [0, 0.05) is 28.9 Å². The van der Waals surface area contributed by atoms with Crippen molar-refractivity contribution in [2.75, 3.05) is 7.05 Å². The van der Waals surface area contributed by atoms with E-state index in [4.69, 9.17) is 0 Å². The van der Waals surface area contributed by atoms with Gasteiger partial charge < -0.3 is 5.32 Å². The maximum Gasteiger partial charge on any atom is 0.0705 e. The summed E-state index contributed by atoms with van der Waals surface area (Å²) in [4.78, 5) is 5.83. The van der Waals surface area contributed by atoms with Crippen LogP contribution in [-0.4, -0.2) is 12.0 Å². The van der Waals surface area contributed by atoms with Gasteiger partial charge >= 0.3 is 0 Å². The molecule has 0 bridgehead atoms. The first-order chi connectivity index (χ1) is 9.36. The van der Waals surface area contributed by atoms with Gasteiger partial charge in [0.05, 0.1) is 5.52 Å². The predicted octanol–water partition coefficient (Wildman–Crippen LogP) is 3.80. The normalized spacial score (nSPS) is 12.7. The second-order valence-electron chi connectivity index (χ2n) is 4.58. The molecule has 2 nitrogen and oxygen atoms in total. The number of rotatable bonds is 4. The predicted molar refractivity (Wildman–Crippen MR) is 81.6 cm³/mol. The van der Waals surface area contributed by atoms with Gasteiger partial charge in [-0.25, -0.2) is 0 Å². The van der Waals surface area contributed by atoms with Crippen molar-refractivity contribution in [1.29, 1.82) is 0 Å². The van der Waals surface area contributed by atoms with E-state index < -0.39 is 0 Å². The molecule has 3 rings (SSSR count). The fourth-order valence-corrected chi connectivity index (χ4v) is 3.07. The van der Waals surface area contributed by atoms with Crippen molar-refractivity contribution in [3.05, 3.63) is 64.5 Å². The number of hydrogen-bond donors (Lipinski definition) is 1. The Morgan fingerprint density at radius 3 is 2.95 bits per heavy atom. The Labute approximate surface area is 117 Å². The van der Waals surface area contributed by atoms with E-state index in [0.717, 1.165) is 11.9 Å². The van der Waals surface area contributed by atoms with E-state index in [0.29, 0.717) is 6.04 Å². The topological polar surface area (TPSA) is 24.9 Å². The molecule has 2 heterocycles. The first kappa shape index (κ1) is 12.3. The highest BCUT2D eigenvalue weighted by Crippen LogP contribution is 2.23. The number of benzene rings is 1. The van der Waals surface area contributed by atoms with Gasteiger partial charge in [0.2, 0.25) is 0 Å². The van der Waals surface area contributed by atoms with Crippen LogP contribution >= 0.6 is 11.3 Å². The van der Waals surface area contributed by atoms with E-state index in [1.165, 1.54) is 15.8 Å². The largest absolute Gasteiger partial charge is 0.313 e. The number of nitrogens with one attached hydrogen (secondary N) is 1. The number of nitrogens with zero attached hydrogens (tertiary/aromatic N) is 1. The van der Waals surface area contributed by atoms with Gasteiger partial charge in [0.15, 0.2) is 0 Å². The highest BCUT2D eigenvalue weighted by atomic mass is 32.1. The molecule has 2 aromatic heterocycles. The van der Waals surface area contributed by atoms with Crippen LogP contribution in [0.25, 0.3) is 10.9 Å². The van der Waals surface area contributed by atoms with E-state index in [9.17, 15) is 0 Å². The third-order valence-electron chi connectivity index (χ3n) is 3.37. The first-order valence-electron chi connectivity index (χ1n) is 6.41. The SMILES string of the molecule is CNC(Cc1cccs1)c1ccc2cccnc2c1. The molecule has 0 fully saturated rings. The quantitative estimate of drug-likeness (QED) is 0.778. The molecular weight excluding hydrogens is 252 g/mol. The summed E-state index contributed by atoms with van der Waals surface area (Å²) in [6.45, 7) is 0. The van der Waals surface area contributed by atoms with E-state index in [1.54, 1.807) is 0 Å². The van der Waals surface area contributed by atoms with Crippen molar-refractivity contribution in [1.82, 2.24) is 10.3 Å². The fraction of sp³-hybridized carbons (Fsp3) is 0.188. The second-order valence-corrected chi connectivity index (χ2v) is 5.61. The number of pyridine rings is 1. The van der Waals surface area contributed by atoms with Crippen molar-refractivity contribution >= 4 is 22.2 Å². The van der Waals surface area contributed by atoms with Gasteiger partial charge in [-0.15, -0.1) is 11.3 Å². The van der Waals surface area contributed by atoms with Crippen LogP contribution in [0.15, 0.2) is 54.0 Å². The molecule has 0 spiro atoms. The van der Waals surface area contributed by atoms with Crippen LogP contribution in [0.4, 0.5) is 0 Å². The van der Waals surface area contributed by atoms with Gasteiger partial charge in [-0.1, -0.05) is 24.3 Å². The summed E-state index contributed by atoms with van der Waals surface area (Å²) >= 11 is 1.81. The molecule has 0 aliphatic heterocycles. The Morgan fingerprint density at radius 2 is 2.16 bits per heavy atom. The lowest BCUT2D eigenvalue weighted by Crippen LogP contribution is -2.18. The number of hydrogen-bond acceptors (Lipinski definition) is 3. The van der Waals surface area contributed by atoms with Crippen molar-refractivity contribution < 1.29 is 0 Å². The first-order valence-corrected chi connectivity index (χ1v) is 7.29. The van der Waals surface area contributed by atoms with Crippen molar-refractivity contribution in [2.24, 2.45) is 0 Å². The Balaban J connectivity index is 1.92. The van der Waals surface area contributed by atoms with Crippen LogP contribution in [-0.2, 0) is 6.42 Å². The smallest absolute Gasteiger partial charge is 0.0705 e. The zero-order valence-electron chi connectivity index (χ0n) is 10.8. The van der Waals surface area contributed by atoms with Crippen molar-refractivity contribution in [2.45, 2.75) is 12.5 Å². The van der Waals surface area contributed by atoms with Crippen LogP contribution in [0.1, 0.15) is 16.5 Å². The summed E-state index contributed by atoms with van der Waals surface area (Å²) < 4.78 is 0. The average molecular weight is 268 g/mol. The Bertz CT molecular complexity index is 661. The highest BCUT2D eigenvalue weighted by molar-refractivity contribution is 7.09. The number of fused-ring (bicyclic) bond motifs is 1. The van der Waals surface area contributed by atoms with E-state index >= 15 is 0 Å². The molecule has 1 unspecified atom stereocenters. The molecule has 1 atom stereocenters. The van der Waals surface area contributed by atoms with E-state index in [2.05, 4.69) is 52.1 Å². The molecule has 0 radical (unpaired) electrons. The van der Waals surface area contributed by atoms with Crippen molar-refractivity contribution in [3.8, 4) is 0 Å². The molecule has 96 valence electrons. The number of likely N-dealkylation sites (N-methyl/N-ethyl adjacent to an activating group) is 1. The zero-order valence-corrected chi connectivity index (χ0v) is 11.7. The zero-order chi connectivity index (χ0) is 13.1. The Kier molecular flexibility index (Phi) is 3.58. The van der Waals surface area contributed by atoms with Crippen LogP contribution in [0.2, 0.25) is 0 Å². The van der Waals surface area contributed by atoms with Gasteiger partial charge in [0.25, 0.3) is 0 Å². The van der Waals surface area contributed by atoms with E-state index in [-0.39, 0.29) is 0 Å². The summed E-state index contributed by atoms with van der Waals surface area (Å²) in [5, 5.41) is 6.72. The monoisotopic (exact) mass is 268 g/mol. The molecule has 3 aromatic rings. The number of thiophene rings is 1. The van der Waals surface area contributed by atoms with Crippen molar-refractivity contribution in [3.63, 3.8) is 0 Å². The summed E-state index contributed by atoms with van der Waals surface area (Å²) in [7, 11) is 2.01. The van der Waals surface area contributed by atoms with Crippen LogP contribution in [0.5, 0.6) is 0 Å². The molecule has 0 aliphatic carbocycles. The molecule has 1 aromatic carbocycles. The summed E-state index contributed by atoms with van der Waals surface area (Å²) in [6.07, 6.45) is 2.87. The van der Waals surface area contributed by atoms with E-state index in [1.807, 2.05) is 30.6 Å². The standard InChI is InChI=1S/C16H16N2S/c1-17-15(11-14-5-3-9-19-14)13-7-6-12-4-2-8-18-16(12)10-13/h2-10,15,17H,11H2,1H3. The maximum absolute atomic E-state index is 4.43. The lowest BCUT2D eigenvalue weighted by atomic mass is 10.0. The molecule has 0 saturated heterocycles. The molecule has 0 saturated carbocycles. The lowest BCUT2D eigenvalue weighted by Gasteiger charge is -2.16. The minimum atomic E-state index is 0.338. The molecule has 19 heavy (non-hydrogen) atoms.